The maximum absolute atomic E-state index is 11.3. The van der Waals surface area contributed by atoms with E-state index in [9.17, 15) is 9.59 Å². The van der Waals surface area contributed by atoms with Gasteiger partial charge in [-0.15, -0.1) is 0 Å². The topological polar surface area (TPSA) is 84.2 Å². The van der Waals surface area contributed by atoms with Crippen LogP contribution in [0, 0.1) is 0 Å². The predicted octanol–water partition coefficient (Wildman–Crippen LogP) is -1.26. The number of carbonyl (C=O) groups excluding carboxylic acids is 1. The van der Waals surface area contributed by atoms with Crippen molar-refractivity contribution in [3.63, 3.8) is 0 Å². The fourth-order valence-electron chi connectivity index (χ4n) is 1.03. The van der Waals surface area contributed by atoms with E-state index in [1.807, 2.05) is 0 Å². The fraction of sp³-hybridized carbons (Fsp3) is 0.444. The monoisotopic (exact) mass is 211 g/mol. The van der Waals surface area contributed by atoms with E-state index in [1.54, 1.807) is 13.0 Å². The predicted molar refractivity (Wildman–Crippen MR) is 53.2 cm³/mol. The van der Waals surface area contributed by atoms with E-state index in [4.69, 9.17) is 5.11 Å². The van der Waals surface area contributed by atoms with E-state index in [1.165, 1.54) is 17.0 Å². The van der Waals surface area contributed by atoms with Crippen LogP contribution in [0.3, 0.4) is 0 Å². The van der Waals surface area contributed by atoms with E-state index in [0.29, 0.717) is 0 Å². The van der Waals surface area contributed by atoms with E-state index >= 15 is 0 Å². The molecule has 0 saturated heterocycles. The maximum atomic E-state index is 11.3. The quantitative estimate of drug-likeness (QED) is 0.651. The van der Waals surface area contributed by atoms with E-state index < -0.39 is 5.69 Å². The van der Waals surface area contributed by atoms with Crippen molar-refractivity contribution in [2.75, 3.05) is 6.61 Å². The molecule has 1 heterocycles. The Kier molecular flexibility index (Phi) is 3.99. The first-order valence-electron chi connectivity index (χ1n) is 4.55. The lowest BCUT2D eigenvalue weighted by atomic mass is 10.3. The molecule has 0 fully saturated rings. The molecule has 0 aliphatic heterocycles. The van der Waals surface area contributed by atoms with Crippen LogP contribution >= 0.6 is 0 Å². The summed E-state index contributed by atoms with van der Waals surface area (Å²) < 4.78 is 1.19. The first kappa shape index (κ1) is 11.4. The zero-order chi connectivity index (χ0) is 11.3. The Hall–Kier alpha value is -1.69. The van der Waals surface area contributed by atoms with Gasteiger partial charge in [0.15, 0.2) is 0 Å². The molecule has 82 valence electrons. The van der Waals surface area contributed by atoms with Gasteiger partial charge < -0.3 is 10.4 Å². The second-order valence-corrected chi connectivity index (χ2v) is 3.18. The summed E-state index contributed by atoms with van der Waals surface area (Å²) >= 11 is 0. The van der Waals surface area contributed by atoms with Crippen molar-refractivity contribution in [1.29, 1.82) is 0 Å². The third-order valence-corrected chi connectivity index (χ3v) is 1.78. The van der Waals surface area contributed by atoms with Gasteiger partial charge in [0.25, 0.3) is 0 Å². The molecule has 6 heteroatoms. The highest BCUT2D eigenvalue weighted by atomic mass is 16.3. The number of aliphatic hydroxyl groups is 1. The van der Waals surface area contributed by atoms with Gasteiger partial charge in [-0.05, 0) is 13.0 Å². The van der Waals surface area contributed by atoms with Gasteiger partial charge in [0, 0.05) is 18.4 Å². The Balaban J connectivity index is 2.59. The maximum Gasteiger partial charge on any atom is 0.347 e. The summed E-state index contributed by atoms with van der Waals surface area (Å²) in [7, 11) is 0. The third kappa shape index (κ3) is 3.51. The molecule has 1 unspecified atom stereocenters. The summed E-state index contributed by atoms with van der Waals surface area (Å²) in [5.74, 6) is -0.327. The minimum Gasteiger partial charge on any atom is -0.394 e. The molecule has 0 aromatic carbocycles. The smallest absolute Gasteiger partial charge is 0.347 e. The molecule has 0 aliphatic carbocycles. The zero-order valence-corrected chi connectivity index (χ0v) is 8.38. The molecular weight excluding hydrogens is 198 g/mol. The summed E-state index contributed by atoms with van der Waals surface area (Å²) in [5, 5.41) is 11.2. The zero-order valence-electron chi connectivity index (χ0n) is 8.38. The van der Waals surface area contributed by atoms with Crippen LogP contribution in [0.4, 0.5) is 0 Å². The summed E-state index contributed by atoms with van der Waals surface area (Å²) in [6.45, 7) is 1.45. The molecule has 1 aromatic rings. The number of aromatic nitrogens is 2. The third-order valence-electron chi connectivity index (χ3n) is 1.78. The largest absolute Gasteiger partial charge is 0.394 e. The number of nitrogens with zero attached hydrogens (tertiary/aromatic N) is 2. The lowest BCUT2D eigenvalue weighted by Crippen LogP contribution is -2.39. The fourth-order valence-corrected chi connectivity index (χ4v) is 1.03. The van der Waals surface area contributed by atoms with Crippen molar-refractivity contribution >= 4 is 5.91 Å². The van der Waals surface area contributed by atoms with Crippen LogP contribution in [-0.4, -0.2) is 33.2 Å². The Bertz CT molecular complexity index is 388. The average molecular weight is 211 g/mol. The van der Waals surface area contributed by atoms with Gasteiger partial charge in [-0.2, -0.15) is 0 Å². The van der Waals surface area contributed by atoms with Crippen molar-refractivity contribution in [3.8, 4) is 0 Å². The first-order chi connectivity index (χ1) is 7.13. The number of carbonyl (C=O) groups is 1. The van der Waals surface area contributed by atoms with E-state index in [-0.39, 0.29) is 25.1 Å². The molecule has 1 aromatic heterocycles. The highest BCUT2D eigenvalue weighted by Gasteiger charge is 2.07. The van der Waals surface area contributed by atoms with Crippen LogP contribution in [0.15, 0.2) is 23.3 Å². The summed E-state index contributed by atoms with van der Waals surface area (Å²) in [6.07, 6.45) is 2.85. The number of hydrogen-bond acceptors (Lipinski definition) is 4. The van der Waals surface area contributed by atoms with Crippen LogP contribution < -0.4 is 11.0 Å². The lowest BCUT2D eigenvalue weighted by molar-refractivity contribution is -0.122. The molecule has 0 bridgehead atoms. The summed E-state index contributed by atoms with van der Waals surface area (Å²) in [5.41, 5.74) is -0.468. The van der Waals surface area contributed by atoms with Crippen molar-refractivity contribution in [1.82, 2.24) is 14.9 Å². The van der Waals surface area contributed by atoms with E-state index in [0.717, 1.165) is 0 Å². The Morgan fingerprint density at radius 3 is 3.07 bits per heavy atom. The van der Waals surface area contributed by atoms with Crippen molar-refractivity contribution in [2.45, 2.75) is 19.5 Å². The molecule has 0 saturated carbocycles. The van der Waals surface area contributed by atoms with Gasteiger partial charge in [-0.1, -0.05) is 0 Å². The van der Waals surface area contributed by atoms with Gasteiger partial charge in [-0.3, -0.25) is 9.36 Å². The van der Waals surface area contributed by atoms with Crippen molar-refractivity contribution in [2.24, 2.45) is 0 Å². The van der Waals surface area contributed by atoms with Crippen LogP contribution in [0.5, 0.6) is 0 Å². The molecule has 0 radical (unpaired) electrons. The van der Waals surface area contributed by atoms with Gasteiger partial charge >= 0.3 is 5.69 Å². The van der Waals surface area contributed by atoms with Gasteiger partial charge in [0.05, 0.1) is 6.61 Å². The molecule has 15 heavy (non-hydrogen) atoms. The van der Waals surface area contributed by atoms with Crippen molar-refractivity contribution in [3.05, 3.63) is 28.9 Å². The number of amides is 1. The van der Waals surface area contributed by atoms with Crippen LogP contribution in [0.2, 0.25) is 0 Å². The van der Waals surface area contributed by atoms with Crippen LogP contribution in [-0.2, 0) is 11.3 Å². The molecule has 1 atom stereocenters. The standard InChI is InChI=1S/C9H13N3O3/c1-7(6-13)11-8(14)5-12-4-2-3-10-9(12)15/h2-4,7,13H,5-6H2,1H3,(H,11,14). The van der Waals surface area contributed by atoms with Crippen LogP contribution in [0.25, 0.3) is 0 Å². The van der Waals surface area contributed by atoms with Crippen LogP contribution in [0.1, 0.15) is 6.92 Å². The molecule has 0 aliphatic rings. The molecule has 0 spiro atoms. The highest BCUT2D eigenvalue weighted by molar-refractivity contribution is 5.75. The molecule has 1 amide bonds. The van der Waals surface area contributed by atoms with E-state index in [2.05, 4.69) is 10.3 Å². The summed E-state index contributed by atoms with van der Waals surface area (Å²) in [4.78, 5) is 26.0. The minimum atomic E-state index is -0.468. The molecule has 6 nitrogen and oxygen atoms in total. The molecule has 2 N–H and O–H groups in total. The number of hydrogen-bond donors (Lipinski definition) is 2. The molecular formula is C9H13N3O3. The highest BCUT2D eigenvalue weighted by Crippen LogP contribution is 1.83. The minimum absolute atomic E-state index is 0.0863. The Morgan fingerprint density at radius 2 is 2.47 bits per heavy atom. The SMILES string of the molecule is CC(CO)NC(=O)Cn1cccnc1=O. The van der Waals surface area contributed by atoms with Crippen molar-refractivity contribution < 1.29 is 9.90 Å². The van der Waals surface area contributed by atoms with Gasteiger partial charge in [-0.25, -0.2) is 9.78 Å². The Labute approximate surface area is 86.6 Å². The average Bonchev–Trinajstić information content (AvgIpc) is 2.21. The second-order valence-electron chi connectivity index (χ2n) is 3.18. The normalized spacial score (nSPS) is 12.1. The first-order valence-corrected chi connectivity index (χ1v) is 4.55. The Morgan fingerprint density at radius 1 is 1.73 bits per heavy atom. The lowest BCUT2D eigenvalue weighted by Gasteiger charge is -2.11. The molecule has 1 rings (SSSR count). The number of aliphatic hydroxyl groups excluding tert-OH is 1. The number of rotatable bonds is 4. The summed E-state index contributed by atoms with van der Waals surface area (Å²) in [6, 6.07) is 1.26. The van der Waals surface area contributed by atoms with Gasteiger partial charge in [0.2, 0.25) is 5.91 Å². The number of nitrogens with one attached hydrogen (secondary N) is 1. The second kappa shape index (κ2) is 5.26. The van der Waals surface area contributed by atoms with Gasteiger partial charge in [0.1, 0.15) is 6.54 Å².